The van der Waals surface area contributed by atoms with Crippen molar-refractivity contribution in [3.63, 3.8) is 0 Å². The maximum Gasteiger partial charge on any atom is 0.407 e. The SMILES string of the molecule is C=C/C(F)=C(F)\C=C(\F)C[C@H]1CNC[C@@H]1NC(=O)OC(C)(C)C. The number of hydrogen-bond acceptors (Lipinski definition) is 3. The van der Waals surface area contributed by atoms with E-state index in [1.807, 2.05) is 0 Å². The van der Waals surface area contributed by atoms with Gasteiger partial charge in [0, 0.05) is 31.6 Å². The average Bonchev–Trinajstić information content (AvgIpc) is 2.82. The molecule has 1 aliphatic rings. The van der Waals surface area contributed by atoms with Gasteiger partial charge in [-0.25, -0.2) is 18.0 Å². The van der Waals surface area contributed by atoms with E-state index < -0.39 is 29.2 Å². The van der Waals surface area contributed by atoms with E-state index in [-0.39, 0.29) is 18.4 Å². The van der Waals surface area contributed by atoms with E-state index in [4.69, 9.17) is 4.74 Å². The van der Waals surface area contributed by atoms with E-state index in [9.17, 15) is 18.0 Å². The van der Waals surface area contributed by atoms with E-state index in [1.165, 1.54) is 0 Å². The number of rotatable bonds is 5. The van der Waals surface area contributed by atoms with Crippen LogP contribution in [0.5, 0.6) is 0 Å². The second-order valence-corrected chi connectivity index (χ2v) is 6.37. The molecule has 1 amide bonds. The number of ether oxygens (including phenoxy) is 1. The van der Waals surface area contributed by atoms with Crippen LogP contribution in [-0.2, 0) is 4.74 Å². The maximum atomic E-state index is 13.8. The van der Waals surface area contributed by atoms with Gasteiger partial charge in [0.25, 0.3) is 0 Å². The number of allylic oxidation sites excluding steroid dienone is 5. The Labute approximate surface area is 134 Å². The van der Waals surface area contributed by atoms with Crippen molar-refractivity contribution >= 4 is 6.09 Å². The van der Waals surface area contributed by atoms with Gasteiger partial charge < -0.3 is 15.4 Å². The Morgan fingerprint density at radius 1 is 1.30 bits per heavy atom. The van der Waals surface area contributed by atoms with Crippen LogP contribution in [0.4, 0.5) is 18.0 Å². The molecule has 4 nitrogen and oxygen atoms in total. The summed E-state index contributed by atoms with van der Waals surface area (Å²) in [5.41, 5.74) is -0.632. The molecule has 0 radical (unpaired) electrons. The largest absolute Gasteiger partial charge is 0.444 e. The van der Waals surface area contributed by atoms with Crippen molar-refractivity contribution in [3.8, 4) is 0 Å². The first-order valence-electron chi connectivity index (χ1n) is 7.36. The summed E-state index contributed by atoms with van der Waals surface area (Å²) in [5.74, 6) is -3.60. The molecule has 0 unspecified atom stereocenters. The van der Waals surface area contributed by atoms with E-state index in [0.29, 0.717) is 25.2 Å². The third-order valence-electron chi connectivity index (χ3n) is 3.19. The molecule has 1 saturated heterocycles. The number of amides is 1. The Morgan fingerprint density at radius 2 is 1.96 bits per heavy atom. The van der Waals surface area contributed by atoms with Gasteiger partial charge in [0.15, 0.2) is 11.7 Å². The van der Waals surface area contributed by atoms with Crippen molar-refractivity contribution < 1.29 is 22.7 Å². The van der Waals surface area contributed by atoms with Crippen LogP contribution in [0.1, 0.15) is 27.2 Å². The molecule has 0 bridgehead atoms. The topological polar surface area (TPSA) is 50.4 Å². The smallest absolute Gasteiger partial charge is 0.407 e. The van der Waals surface area contributed by atoms with Crippen molar-refractivity contribution in [1.29, 1.82) is 0 Å². The van der Waals surface area contributed by atoms with Crippen LogP contribution in [-0.4, -0.2) is 30.8 Å². The Bertz CT molecular complexity index is 510. The molecule has 0 spiro atoms. The molecule has 1 aliphatic heterocycles. The lowest BCUT2D eigenvalue weighted by Gasteiger charge is -2.24. The van der Waals surface area contributed by atoms with Gasteiger partial charge in [-0.05, 0) is 32.8 Å². The fraction of sp³-hybridized carbons (Fsp3) is 0.562. The standard InChI is InChI=1S/C16H23F3N2O2/c1-5-12(18)13(19)7-11(17)6-10-8-20-9-14(10)21-15(22)23-16(2,3)4/h5,7,10,14,20H,1,6,8-9H2,2-4H3,(H,21,22)/b11-7+,13-12-/t10-,14-/m0/s1. The van der Waals surface area contributed by atoms with Crippen molar-refractivity contribution in [2.24, 2.45) is 5.92 Å². The maximum absolute atomic E-state index is 13.8. The minimum absolute atomic E-state index is 0.120. The quantitative estimate of drug-likeness (QED) is 0.755. The molecular formula is C16H23F3N2O2. The lowest BCUT2D eigenvalue weighted by atomic mass is 9.99. The first-order chi connectivity index (χ1) is 10.6. The Balaban J connectivity index is 2.64. The number of nitrogens with one attached hydrogen (secondary N) is 2. The second kappa shape index (κ2) is 8.19. The number of carbonyl (C=O) groups excluding carboxylic acids is 1. The molecule has 2 atom stereocenters. The Morgan fingerprint density at radius 3 is 2.52 bits per heavy atom. The van der Waals surface area contributed by atoms with Crippen LogP contribution in [0.25, 0.3) is 0 Å². The fourth-order valence-corrected chi connectivity index (χ4v) is 2.19. The highest BCUT2D eigenvalue weighted by Crippen LogP contribution is 2.23. The third kappa shape index (κ3) is 6.90. The van der Waals surface area contributed by atoms with Gasteiger partial charge in [0.05, 0.1) is 0 Å². The minimum Gasteiger partial charge on any atom is -0.444 e. The van der Waals surface area contributed by atoms with Crippen LogP contribution >= 0.6 is 0 Å². The van der Waals surface area contributed by atoms with Gasteiger partial charge in [-0.15, -0.1) is 0 Å². The summed E-state index contributed by atoms with van der Waals surface area (Å²) in [5, 5.41) is 5.69. The molecule has 1 rings (SSSR count). The summed E-state index contributed by atoms with van der Waals surface area (Å²) in [6.07, 6.45) is 0.457. The molecular weight excluding hydrogens is 309 g/mol. The predicted molar refractivity (Wildman–Crippen MR) is 82.8 cm³/mol. The summed E-state index contributed by atoms with van der Waals surface area (Å²) in [4.78, 5) is 11.8. The van der Waals surface area contributed by atoms with Crippen molar-refractivity contribution in [1.82, 2.24) is 10.6 Å². The summed E-state index contributed by atoms with van der Waals surface area (Å²) < 4.78 is 45.1. The predicted octanol–water partition coefficient (Wildman–Crippen LogP) is 3.68. The van der Waals surface area contributed by atoms with Crippen molar-refractivity contribution in [2.45, 2.75) is 38.8 Å². The Hall–Kier alpha value is -1.76. The van der Waals surface area contributed by atoms with Crippen LogP contribution in [0.2, 0.25) is 0 Å². The zero-order valence-corrected chi connectivity index (χ0v) is 13.6. The molecule has 0 aromatic carbocycles. The molecule has 130 valence electrons. The van der Waals surface area contributed by atoms with Crippen LogP contribution in [0.3, 0.4) is 0 Å². The van der Waals surface area contributed by atoms with Gasteiger partial charge in [-0.2, -0.15) is 0 Å². The second-order valence-electron chi connectivity index (χ2n) is 6.37. The van der Waals surface area contributed by atoms with Crippen molar-refractivity contribution in [2.75, 3.05) is 13.1 Å². The normalized spacial score (nSPS) is 23.3. The molecule has 7 heteroatoms. The first-order valence-corrected chi connectivity index (χ1v) is 7.36. The number of hydrogen-bond donors (Lipinski definition) is 2. The van der Waals surface area contributed by atoms with Crippen LogP contribution in [0.15, 0.2) is 36.2 Å². The highest BCUT2D eigenvalue weighted by Gasteiger charge is 2.30. The van der Waals surface area contributed by atoms with Crippen LogP contribution in [0, 0.1) is 5.92 Å². The van der Waals surface area contributed by atoms with Crippen molar-refractivity contribution in [3.05, 3.63) is 36.2 Å². The number of carbonyl (C=O) groups is 1. The molecule has 0 aliphatic carbocycles. The minimum atomic E-state index is -1.31. The van der Waals surface area contributed by atoms with Crippen LogP contribution < -0.4 is 10.6 Å². The zero-order chi connectivity index (χ0) is 17.6. The molecule has 0 aromatic rings. The highest BCUT2D eigenvalue weighted by atomic mass is 19.2. The lowest BCUT2D eigenvalue weighted by Crippen LogP contribution is -2.43. The molecule has 0 aromatic heterocycles. The summed E-state index contributed by atoms with van der Waals surface area (Å²) >= 11 is 0. The van der Waals surface area contributed by atoms with E-state index in [2.05, 4.69) is 17.2 Å². The van der Waals surface area contributed by atoms with Gasteiger partial charge in [0.1, 0.15) is 11.4 Å². The third-order valence-corrected chi connectivity index (χ3v) is 3.19. The van der Waals surface area contributed by atoms with Gasteiger partial charge in [0.2, 0.25) is 0 Å². The fourth-order valence-electron chi connectivity index (χ4n) is 2.19. The average molecular weight is 332 g/mol. The van der Waals surface area contributed by atoms with Gasteiger partial charge >= 0.3 is 6.09 Å². The number of alkyl carbamates (subject to hydrolysis) is 1. The zero-order valence-electron chi connectivity index (χ0n) is 13.6. The van der Waals surface area contributed by atoms with Gasteiger partial charge in [-0.1, -0.05) is 6.58 Å². The molecule has 0 saturated carbocycles. The Kier molecular flexibility index (Phi) is 6.87. The highest BCUT2D eigenvalue weighted by molar-refractivity contribution is 5.68. The molecule has 23 heavy (non-hydrogen) atoms. The monoisotopic (exact) mass is 332 g/mol. The van der Waals surface area contributed by atoms with E-state index in [0.717, 1.165) is 0 Å². The van der Waals surface area contributed by atoms with E-state index >= 15 is 0 Å². The summed E-state index contributed by atoms with van der Waals surface area (Å²) in [7, 11) is 0. The van der Waals surface area contributed by atoms with Gasteiger partial charge in [-0.3, -0.25) is 0 Å². The van der Waals surface area contributed by atoms with E-state index in [1.54, 1.807) is 20.8 Å². The molecule has 1 heterocycles. The molecule has 1 fully saturated rings. The lowest BCUT2D eigenvalue weighted by molar-refractivity contribution is 0.0496. The molecule has 2 N–H and O–H groups in total. The first kappa shape index (κ1) is 19.3. The number of halogens is 3. The summed E-state index contributed by atoms with van der Waals surface area (Å²) in [6, 6.07) is -0.347. The summed E-state index contributed by atoms with van der Waals surface area (Å²) in [6.45, 7) is 9.20.